The molecule has 11 heteroatoms. The van der Waals surface area contributed by atoms with Crippen molar-refractivity contribution in [2.24, 2.45) is 0 Å². The molecule has 2 atom stereocenters. The minimum atomic E-state index is -1.34. The maximum Gasteiger partial charge on any atom is 0.269 e. The van der Waals surface area contributed by atoms with Crippen LogP contribution in [-0.2, 0) is 4.87 Å². The zero-order valence-electron chi connectivity index (χ0n) is 12.1. The minimum Gasteiger partial charge on any atom is -0.329 e. The predicted molar refractivity (Wildman–Crippen MR) is 101 cm³/mol. The number of halogens is 4. The van der Waals surface area contributed by atoms with E-state index in [1.807, 2.05) is 0 Å². The Morgan fingerprint density at radius 2 is 2.12 bits per heavy atom. The van der Waals surface area contributed by atoms with Crippen LogP contribution in [0.4, 0.5) is 10.8 Å². The number of nitro benzene ring substituents is 1. The summed E-state index contributed by atoms with van der Waals surface area (Å²) in [7, 11) is 0. The molecule has 0 bridgehead atoms. The summed E-state index contributed by atoms with van der Waals surface area (Å²) in [5, 5.41) is 21.5. The predicted octanol–water partition coefficient (Wildman–Crippen LogP) is 5.19. The van der Waals surface area contributed by atoms with E-state index in [0.717, 1.165) is 0 Å². The SMILES string of the molecule is O=[N+]([O-])c1cccc(C2(Cl)C=C(Nc3nncs3)C(Cl)=C(Cl)C2Cl)c1. The van der Waals surface area contributed by atoms with Gasteiger partial charge in [-0.1, -0.05) is 46.7 Å². The molecular weight excluding hydrogens is 430 g/mol. The van der Waals surface area contributed by atoms with Crippen LogP contribution >= 0.6 is 57.7 Å². The Morgan fingerprint density at radius 3 is 2.76 bits per heavy atom. The second-order valence-electron chi connectivity index (χ2n) is 5.03. The third kappa shape index (κ3) is 3.47. The van der Waals surface area contributed by atoms with E-state index in [9.17, 15) is 10.1 Å². The topological polar surface area (TPSA) is 81.0 Å². The minimum absolute atomic E-state index is 0.106. The zero-order valence-corrected chi connectivity index (χ0v) is 16.0. The molecule has 2 aromatic rings. The maximum atomic E-state index is 11.0. The Labute approximate surface area is 166 Å². The van der Waals surface area contributed by atoms with Crippen LogP contribution in [-0.4, -0.2) is 20.5 Å². The molecular formula is C14H8Cl4N4O2S. The van der Waals surface area contributed by atoms with Crippen LogP contribution in [0.3, 0.4) is 0 Å². The van der Waals surface area contributed by atoms with E-state index in [4.69, 9.17) is 46.4 Å². The summed E-state index contributed by atoms with van der Waals surface area (Å²) in [6, 6.07) is 5.88. The molecule has 25 heavy (non-hydrogen) atoms. The number of nitro groups is 1. The Kier molecular flexibility index (Phi) is 5.22. The molecule has 1 aromatic heterocycles. The van der Waals surface area contributed by atoms with E-state index in [-0.39, 0.29) is 15.8 Å². The molecule has 0 spiro atoms. The smallest absolute Gasteiger partial charge is 0.269 e. The van der Waals surface area contributed by atoms with Crippen molar-refractivity contribution in [3.8, 4) is 0 Å². The Morgan fingerprint density at radius 1 is 1.36 bits per heavy atom. The summed E-state index contributed by atoms with van der Waals surface area (Å²) in [4.78, 5) is 9.20. The van der Waals surface area contributed by atoms with Crippen molar-refractivity contribution in [3.05, 3.63) is 67.3 Å². The van der Waals surface area contributed by atoms with Crippen LogP contribution in [0.15, 0.2) is 51.6 Å². The van der Waals surface area contributed by atoms with Crippen LogP contribution in [0.2, 0.25) is 0 Å². The van der Waals surface area contributed by atoms with E-state index < -0.39 is 15.2 Å². The van der Waals surface area contributed by atoms with Gasteiger partial charge in [-0.25, -0.2) is 0 Å². The molecule has 3 rings (SSSR count). The molecule has 1 aliphatic carbocycles. The number of nitrogens with zero attached hydrogens (tertiary/aromatic N) is 3. The number of anilines is 1. The van der Waals surface area contributed by atoms with Crippen molar-refractivity contribution >= 4 is 68.6 Å². The monoisotopic (exact) mass is 436 g/mol. The van der Waals surface area contributed by atoms with Gasteiger partial charge in [-0.05, 0) is 11.6 Å². The van der Waals surface area contributed by atoms with Gasteiger partial charge in [0.05, 0.1) is 26.1 Å². The van der Waals surface area contributed by atoms with E-state index in [2.05, 4.69) is 15.5 Å². The van der Waals surface area contributed by atoms with Crippen molar-refractivity contribution in [3.63, 3.8) is 0 Å². The lowest BCUT2D eigenvalue weighted by molar-refractivity contribution is -0.384. The third-order valence-electron chi connectivity index (χ3n) is 3.49. The molecule has 0 aliphatic heterocycles. The lowest BCUT2D eigenvalue weighted by atomic mass is 9.89. The van der Waals surface area contributed by atoms with E-state index in [1.165, 1.54) is 29.5 Å². The number of non-ortho nitro benzene ring substituents is 1. The average molecular weight is 438 g/mol. The fourth-order valence-electron chi connectivity index (χ4n) is 2.29. The van der Waals surface area contributed by atoms with E-state index in [1.54, 1.807) is 17.7 Å². The second-order valence-corrected chi connectivity index (χ2v) is 7.71. The highest BCUT2D eigenvalue weighted by atomic mass is 35.5. The Balaban J connectivity index is 2.08. The number of alkyl halides is 2. The molecule has 0 saturated carbocycles. The quantitative estimate of drug-likeness (QED) is 0.404. The zero-order chi connectivity index (χ0) is 18.2. The van der Waals surface area contributed by atoms with Crippen LogP contribution in [0.5, 0.6) is 0 Å². The molecule has 130 valence electrons. The largest absolute Gasteiger partial charge is 0.329 e. The Bertz CT molecular complexity index is 887. The molecule has 1 N–H and O–H groups in total. The van der Waals surface area contributed by atoms with Crippen molar-refractivity contribution in [2.45, 2.75) is 10.3 Å². The summed E-state index contributed by atoms with van der Waals surface area (Å²) in [6.45, 7) is 0. The lowest BCUT2D eigenvalue weighted by Crippen LogP contribution is -2.33. The van der Waals surface area contributed by atoms with Crippen molar-refractivity contribution in [1.82, 2.24) is 10.2 Å². The summed E-state index contributed by atoms with van der Waals surface area (Å²) in [6.07, 6.45) is 1.57. The first-order chi connectivity index (χ1) is 11.8. The number of hydrogen-bond donors (Lipinski definition) is 1. The number of allylic oxidation sites excluding steroid dienone is 3. The molecule has 1 aromatic carbocycles. The summed E-state index contributed by atoms with van der Waals surface area (Å²) in [5.74, 6) is 0. The molecule has 0 fully saturated rings. The van der Waals surface area contributed by atoms with Crippen molar-refractivity contribution < 1.29 is 4.92 Å². The fraction of sp³-hybridized carbons (Fsp3) is 0.143. The van der Waals surface area contributed by atoms with Gasteiger partial charge in [0.2, 0.25) is 5.13 Å². The maximum absolute atomic E-state index is 11.0. The Hall–Kier alpha value is -1.38. The molecule has 0 saturated heterocycles. The summed E-state index contributed by atoms with van der Waals surface area (Å²) < 4.78 is 0. The number of benzene rings is 1. The summed E-state index contributed by atoms with van der Waals surface area (Å²) in [5.41, 5.74) is 2.25. The van der Waals surface area contributed by atoms with E-state index >= 15 is 0 Å². The molecule has 0 amide bonds. The standard InChI is InChI=1S/C14H8Cl4N4O2S/c15-10-9(20-13-21-19-6-25-13)5-14(18,12(17)11(10)16)7-2-1-3-8(4-7)22(23)24/h1-6,12H,(H,20,21). The van der Waals surface area contributed by atoms with Crippen LogP contribution < -0.4 is 5.32 Å². The number of hydrogen-bond acceptors (Lipinski definition) is 6. The number of aromatic nitrogens is 2. The van der Waals surface area contributed by atoms with Crippen molar-refractivity contribution in [2.75, 3.05) is 5.32 Å². The molecule has 2 unspecified atom stereocenters. The van der Waals surface area contributed by atoms with Crippen LogP contribution in [0.1, 0.15) is 5.56 Å². The third-order valence-corrected chi connectivity index (χ3v) is 6.34. The number of nitrogens with one attached hydrogen (secondary N) is 1. The lowest BCUT2D eigenvalue weighted by Gasteiger charge is -2.34. The highest BCUT2D eigenvalue weighted by Gasteiger charge is 2.43. The first-order valence-corrected chi connectivity index (χ1v) is 9.17. The first-order valence-electron chi connectivity index (χ1n) is 6.72. The van der Waals surface area contributed by atoms with Gasteiger partial charge in [0.1, 0.15) is 10.4 Å². The normalized spacial score (nSPS) is 23.4. The molecule has 1 aliphatic rings. The number of rotatable bonds is 4. The van der Waals surface area contributed by atoms with Gasteiger partial charge in [0, 0.05) is 12.1 Å². The fourth-order valence-corrected chi connectivity index (χ4v) is 3.98. The highest BCUT2D eigenvalue weighted by molar-refractivity contribution is 7.13. The van der Waals surface area contributed by atoms with Gasteiger partial charge < -0.3 is 5.32 Å². The molecule has 0 radical (unpaired) electrons. The van der Waals surface area contributed by atoms with Gasteiger partial charge in [-0.15, -0.1) is 33.4 Å². The highest BCUT2D eigenvalue weighted by Crippen LogP contribution is 2.49. The van der Waals surface area contributed by atoms with Gasteiger partial charge in [0.15, 0.2) is 0 Å². The van der Waals surface area contributed by atoms with Gasteiger partial charge in [-0.2, -0.15) is 0 Å². The van der Waals surface area contributed by atoms with Crippen molar-refractivity contribution in [1.29, 1.82) is 0 Å². The van der Waals surface area contributed by atoms with Gasteiger partial charge in [0.25, 0.3) is 5.69 Å². The summed E-state index contributed by atoms with van der Waals surface area (Å²) >= 11 is 26.9. The van der Waals surface area contributed by atoms with Gasteiger partial charge in [-0.3, -0.25) is 10.1 Å². The van der Waals surface area contributed by atoms with E-state index in [0.29, 0.717) is 16.4 Å². The van der Waals surface area contributed by atoms with Crippen LogP contribution in [0, 0.1) is 10.1 Å². The first kappa shape index (κ1) is 18.4. The van der Waals surface area contributed by atoms with Crippen LogP contribution in [0.25, 0.3) is 0 Å². The molecule has 1 heterocycles. The molecule has 6 nitrogen and oxygen atoms in total. The second kappa shape index (κ2) is 7.09. The van der Waals surface area contributed by atoms with Gasteiger partial charge >= 0.3 is 0 Å². The average Bonchev–Trinajstić information content (AvgIpc) is 3.11.